The summed E-state index contributed by atoms with van der Waals surface area (Å²) in [4.78, 5) is 17.2. The molecule has 0 aliphatic carbocycles. The third-order valence-electron chi connectivity index (χ3n) is 4.06. The molecular weight excluding hydrogens is 300 g/mol. The van der Waals surface area contributed by atoms with Crippen LogP contribution in [0.4, 0.5) is 0 Å². The molecule has 3 aromatic rings. The Morgan fingerprint density at radius 3 is 2.71 bits per heavy atom. The Kier molecular flexibility index (Phi) is 4.34. The van der Waals surface area contributed by atoms with E-state index in [0.717, 1.165) is 33.5 Å². The molecule has 124 valence electrons. The highest BCUT2D eigenvalue weighted by Crippen LogP contribution is 2.18. The maximum absolute atomic E-state index is 12.6. The summed E-state index contributed by atoms with van der Waals surface area (Å²) in [5.74, 6) is -0.0943. The van der Waals surface area contributed by atoms with Crippen LogP contribution < -0.4 is 5.32 Å². The van der Waals surface area contributed by atoms with Crippen LogP contribution in [0.2, 0.25) is 0 Å². The van der Waals surface area contributed by atoms with Crippen LogP contribution in [0.15, 0.2) is 30.3 Å². The van der Waals surface area contributed by atoms with E-state index in [1.807, 2.05) is 52.0 Å². The van der Waals surface area contributed by atoms with Gasteiger partial charge in [-0.1, -0.05) is 11.6 Å². The second kappa shape index (κ2) is 6.43. The molecule has 2 heterocycles. The van der Waals surface area contributed by atoms with Crippen LogP contribution in [0, 0.1) is 20.8 Å². The van der Waals surface area contributed by atoms with Crippen molar-refractivity contribution in [2.24, 2.45) is 0 Å². The van der Waals surface area contributed by atoms with Crippen LogP contribution >= 0.6 is 0 Å². The van der Waals surface area contributed by atoms with Gasteiger partial charge in [0.15, 0.2) is 0 Å². The number of nitrogens with one attached hydrogen (secondary N) is 2. The maximum Gasteiger partial charge on any atom is 0.253 e. The number of carbonyl (C=O) groups is 1. The van der Waals surface area contributed by atoms with E-state index in [0.29, 0.717) is 12.0 Å². The Bertz CT molecular complexity index is 898. The number of benzene rings is 1. The molecule has 0 bridgehead atoms. The van der Waals surface area contributed by atoms with Gasteiger partial charge in [-0.05, 0) is 52.0 Å². The van der Waals surface area contributed by atoms with Crippen molar-refractivity contribution in [1.82, 2.24) is 20.5 Å². The van der Waals surface area contributed by atoms with Gasteiger partial charge in [-0.3, -0.25) is 14.9 Å². The number of rotatable bonds is 4. The number of hydrogen-bond donors (Lipinski definition) is 2. The van der Waals surface area contributed by atoms with Gasteiger partial charge >= 0.3 is 0 Å². The lowest BCUT2D eigenvalue weighted by Gasteiger charge is -2.14. The van der Waals surface area contributed by atoms with Crippen LogP contribution in [0.25, 0.3) is 10.9 Å². The summed E-state index contributed by atoms with van der Waals surface area (Å²) < 4.78 is 0. The van der Waals surface area contributed by atoms with Gasteiger partial charge < -0.3 is 5.32 Å². The molecule has 1 unspecified atom stereocenters. The molecule has 0 fully saturated rings. The van der Waals surface area contributed by atoms with Crippen LogP contribution in [0.1, 0.15) is 39.9 Å². The van der Waals surface area contributed by atoms with Crippen LogP contribution in [-0.4, -0.2) is 27.1 Å². The molecule has 0 aliphatic heterocycles. The summed E-state index contributed by atoms with van der Waals surface area (Å²) in [7, 11) is 0. The zero-order chi connectivity index (χ0) is 17.3. The summed E-state index contributed by atoms with van der Waals surface area (Å²) in [6, 6.07) is 9.98. The molecule has 2 N–H and O–H groups in total. The fourth-order valence-electron chi connectivity index (χ4n) is 2.87. The first-order chi connectivity index (χ1) is 11.4. The fraction of sp³-hybridized carbons (Fsp3) is 0.316. The van der Waals surface area contributed by atoms with Gasteiger partial charge in [0.1, 0.15) is 0 Å². The number of pyridine rings is 1. The molecule has 0 aliphatic rings. The summed E-state index contributed by atoms with van der Waals surface area (Å²) >= 11 is 0. The lowest BCUT2D eigenvalue weighted by atomic mass is 10.1. The molecule has 0 spiro atoms. The number of hydrogen-bond acceptors (Lipinski definition) is 3. The van der Waals surface area contributed by atoms with Gasteiger partial charge in [-0.25, -0.2) is 0 Å². The first kappa shape index (κ1) is 16.2. The molecule has 0 saturated heterocycles. The van der Waals surface area contributed by atoms with Crippen LogP contribution in [0.5, 0.6) is 0 Å². The van der Waals surface area contributed by atoms with E-state index in [1.165, 1.54) is 0 Å². The molecular formula is C19H22N4O. The van der Waals surface area contributed by atoms with E-state index in [4.69, 9.17) is 0 Å². The second-order valence-corrected chi connectivity index (χ2v) is 6.44. The van der Waals surface area contributed by atoms with Crippen LogP contribution in [-0.2, 0) is 6.42 Å². The smallest absolute Gasteiger partial charge is 0.253 e. The van der Waals surface area contributed by atoms with E-state index in [9.17, 15) is 4.79 Å². The summed E-state index contributed by atoms with van der Waals surface area (Å²) in [5, 5.41) is 11.2. The number of nitrogens with zero attached hydrogens (tertiary/aromatic N) is 2. The van der Waals surface area contributed by atoms with E-state index >= 15 is 0 Å². The standard InChI is InChI=1S/C19H22N4O/c1-11-5-6-18-15(7-11)10-17(14(4)21-18)19(24)20-12(2)8-16-9-13(3)22-23-16/h5-7,9-10,12H,8H2,1-4H3,(H,20,24)(H,22,23). The van der Waals surface area contributed by atoms with E-state index in [-0.39, 0.29) is 11.9 Å². The number of H-pyrrole nitrogens is 1. The molecule has 0 radical (unpaired) electrons. The molecule has 1 aromatic carbocycles. The van der Waals surface area contributed by atoms with Gasteiger partial charge in [0.25, 0.3) is 5.91 Å². The minimum absolute atomic E-state index is 0.00666. The maximum atomic E-state index is 12.6. The molecule has 3 rings (SSSR count). The van der Waals surface area contributed by atoms with Crippen molar-refractivity contribution >= 4 is 16.8 Å². The Balaban J connectivity index is 1.78. The van der Waals surface area contributed by atoms with Gasteiger partial charge in [-0.2, -0.15) is 5.10 Å². The third-order valence-corrected chi connectivity index (χ3v) is 4.06. The normalized spacial score (nSPS) is 12.3. The van der Waals surface area contributed by atoms with Gasteiger partial charge in [0.05, 0.1) is 22.5 Å². The lowest BCUT2D eigenvalue weighted by molar-refractivity contribution is 0.0939. The summed E-state index contributed by atoms with van der Waals surface area (Å²) in [6.45, 7) is 7.85. The van der Waals surface area contributed by atoms with Crippen molar-refractivity contribution in [3.05, 3.63) is 58.5 Å². The van der Waals surface area contributed by atoms with E-state index < -0.39 is 0 Å². The number of amides is 1. The molecule has 5 heteroatoms. The minimum Gasteiger partial charge on any atom is -0.349 e. The number of aromatic nitrogens is 3. The van der Waals surface area contributed by atoms with E-state index in [2.05, 4.69) is 26.6 Å². The molecule has 2 aromatic heterocycles. The Morgan fingerprint density at radius 2 is 2.00 bits per heavy atom. The topological polar surface area (TPSA) is 70.7 Å². The molecule has 1 atom stereocenters. The Labute approximate surface area is 141 Å². The summed E-state index contributed by atoms with van der Waals surface area (Å²) in [6.07, 6.45) is 0.690. The van der Waals surface area contributed by atoms with Crippen molar-refractivity contribution in [2.75, 3.05) is 0 Å². The largest absolute Gasteiger partial charge is 0.349 e. The number of fused-ring (bicyclic) bond motifs is 1. The van der Waals surface area contributed by atoms with Gasteiger partial charge in [0, 0.05) is 23.5 Å². The second-order valence-electron chi connectivity index (χ2n) is 6.44. The predicted molar refractivity (Wildman–Crippen MR) is 95.2 cm³/mol. The van der Waals surface area contributed by atoms with Gasteiger partial charge in [0.2, 0.25) is 0 Å². The third kappa shape index (κ3) is 3.45. The number of aryl methyl sites for hydroxylation is 3. The Morgan fingerprint density at radius 1 is 1.21 bits per heavy atom. The fourth-order valence-corrected chi connectivity index (χ4v) is 2.87. The monoisotopic (exact) mass is 322 g/mol. The highest BCUT2D eigenvalue weighted by Gasteiger charge is 2.15. The highest BCUT2D eigenvalue weighted by molar-refractivity contribution is 5.98. The average Bonchev–Trinajstić information content (AvgIpc) is 2.91. The quantitative estimate of drug-likeness (QED) is 0.774. The summed E-state index contributed by atoms with van der Waals surface area (Å²) in [5.41, 5.74) is 5.40. The van der Waals surface area contributed by atoms with Crippen molar-refractivity contribution in [2.45, 2.75) is 40.2 Å². The lowest BCUT2D eigenvalue weighted by Crippen LogP contribution is -2.34. The van der Waals surface area contributed by atoms with Crippen molar-refractivity contribution < 1.29 is 4.79 Å². The highest BCUT2D eigenvalue weighted by atomic mass is 16.1. The number of aromatic amines is 1. The molecule has 1 amide bonds. The Hall–Kier alpha value is -2.69. The van der Waals surface area contributed by atoms with E-state index in [1.54, 1.807) is 0 Å². The van der Waals surface area contributed by atoms with Crippen molar-refractivity contribution in [3.63, 3.8) is 0 Å². The zero-order valence-electron chi connectivity index (χ0n) is 14.5. The van der Waals surface area contributed by atoms with Crippen molar-refractivity contribution in [1.29, 1.82) is 0 Å². The van der Waals surface area contributed by atoms with Crippen LogP contribution in [0.3, 0.4) is 0 Å². The zero-order valence-corrected chi connectivity index (χ0v) is 14.5. The predicted octanol–water partition coefficient (Wildman–Crippen LogP) is 3.24. The van der Waals surface area contributed by atoms with Crippen molar-refractivity contribution in [3.8, 4) is 0 Å². The number of carbonyl (C=O) groups excluding carboxylic acids is 1. The molecule has 0 saturated carbocycles. The first-order valence-corrected chi connectivity index (χ1v) is 8.12. The molecule has 5 nitrogen and oxygen atoms in total. The SMILES string of the molecule is Cc1ccc2nc(C)c(C(=O)NC(C)Cc3cc(C)[nH]n3)cc2c1. The molecule has 24 heavy (non-hydrogen) atoms. The first-order valence-electron chi connectivity index (χ1n) is 8.12. The van der Waals surface area contributed by atoms with Gasteiger partial charge in [-0.15, -0.1) is 0 Å². The average molecular weight is 322 g/mol. The minimum atomic E-state index is -0.0943.